The van der Waals surface area contributed by atoms with E-state index in [9.17, 15) is 9.59 Å². The highest BCUT2D eigenvalue weighted by Gasteiger charge is 2.23. The summed E-state index contributed by atoms with van der Waals surface area (Å²) < 4.78 is 5.25. The Morgan fingerprint density at radius 3 is 2.56 bits per heavy atom. The molecule has 1 aliphatic rings. The predicted octanol–water partition coefficient (Wildman–Crippen LogP) is 2.12. The van der Waals surface area contributed by atoms with Gasteiger partial charge in [-0.25, -0.2) is 0 Å². The number of piperazine rings is 1. The molecule has 2 aromatic rings. The Hall–Kier alpha value is -2.89. The number of carbonyl (C=O) groups is 2. The first-order valence-corrected chi connectivity index (χ1v) is 8.41. The largest absolute Gasteiger partial charge is 0.427 e. The lowest BCUT2D eigenvalue weighted by Gasteiger charge is -2.35. The number of esters is 1. The maximum atomic E-state index is 12.3. The van der Waals surface area contributed by atoms with Crippen LogP contribution in [0.1, 0.15) is 12.8 Å². The van der Waals surface area contributed by atoms with Crippen LogP contribution in [0.15, 0.2) is 54.9 Å². The number of hydrogen-bond acceptors (Lipinski definition) is 5. The lowest BCUT2D eigenvalue weighted by molar-refractivity contribution is -0.136. The molecule has 0 bridgehead atoms. The van der Waals surface area contributed by atoms with Crippen LogP contribution in [-0.2, 0) is 9.59 Å². The summed E-state index contributed by atoms with van der Waals surface area (Å²) in [4.78, 5) is 32.0. The van der Waals surface area contributed by atoms with Crippen LogP contribution < -0.4 is 9.64 Å². The van der Waals surface area contributed by atoms with Crippen LogP contribution >= 0.6 is 0 Å². The molecule has 25 heavy (non-hydrogen) atoms. The van der Waals surface area contributed by atoms with Crippen LogP contribution in [-0.4, -0.2) is 47.9 Å². The van der Waals surface area contributed by atoms with Crippen LogP contribution in [0.3, 0.4) is 0 Å². The molecule has 1 fully saturated rings. The lowest BCUT2D eigenvalue weighted by atomic mass is 10.2. The molecule has 1 aromatic carbocycles. The van der Waals surface area contributed by atoms with E-state index in [0.29, 0.717) is 38.2 Å². The number of benzene rings is 1. The number of pyridine rings is 1. The van der Waals surface area contributed by atoms with E-state index in [2.05, 4.69) is 4.98 Å². The molecular weight excluding hydrogens is 318 g/mol. The van der Waals surface area contributed by atoms with Crippen LogP contribution in [0.5, 0.6) is 5.75 Å². The molecule has 0 atom stereocenters. The fourth-order valence-electron chi connectivity index (χ4n) is 2.81. The van der Waals surface area contributed by atoms with Gasteiger partial charge in [0, 0.05) is 44.1 Å². The lowest BCUT2D eigenvalue weighted by Crippen LogP contribution is -2.50. The zero-order valence-electron chi connectivity index (χ0n) is 14.0. The third-order valence-electron chi connectivity index (χ3n) is 4.13. The molecule has 0 saturated carbocycles. The number of carbonyl (C=O) groups excluding carboxylic acids is 2. The van der Waals surface area contributed by atoms with Crippen molar-refractivity contribution in [3.63, 3.8) is 0 Å². The smallest absolute Gasteiger partial charge is 0.311 e. The van der Waals surface area contributed by atoms with Crippen molar-refractivity contribution in [3.05, 3.63) is 54.9 Å². The average Bonchev–Trinajstić information content (AvgIpc) is 2.64. The molecule has 1 aliphatic heterocycles. The maximum absolute atomic E-state index is 12.3. The van der Waals surface area contributed by atoms with Gasteiger partial charge in [-0.05, 0) is 30.7 Å². The van der Waals surface area contributed by atoms with E-state index < -0.39 is 0 Å². The van der Waals surface area contributed by atoms with Gasteiger partial charge in [-0.15, -0.1) is 0 Å². The van der Waals surface area contributed by atoms with Crippen molar-refractivity contribution >= 4 is 17.6 Å². The molecule has 0 N–H and O–H groups in total. The summed E-state index contributed by atoms with van der Waals surface area (Å²) in [6, 6.07) is 12.8. The summed E-state index contributed by atoms with van der Waals surface area (Å²) in [7, 11) is 0. The molecule has 0 unspecified atom stereocenters. The normalized spacial score (nSPS) is 14.5. The third kappa shape index (κ3) is 4.79. The summed E-state index contributed by atoms with van der Waals surface area (Å²) in [6.45, 7) is 2.38. The van der Waals surface area contributed by atoms with E-state index in [1.165, 1.54) is 0 Å². The summed E-state index contributed by atoms with van der Waals surface area (Å²) in [5.41, 5.74) is 1.01. The molecule has 130 valence electrons. The van der Waals surface area contributed by atoms with Crippen LogP contribution in [0, 0.1) is 0 Å². The van der Waals surface area contributed by atoms with Crippen molar-refractivity contribution in [2.24, 2.45) is 0 Å². The highest BCUT2D eigenvalue weighted by Crippen LogP contribution is 2.16. The first-order valence-electron chi connectivity index (χ1n) is 8.41. The quantitative estimate of drug-likeness (QED) is 0.596. The van der Waals surface area contributed by atoms with Gasteiger partial charge in [0.15, 0.2) is 0 Å². The van der Waals surface area contributed by atoms with Crippen molar-refractivity contribution in [1.29, 1.82) is 0 Å². The fraction of sp³-hybridized carbons (Fsp3) is 0.316. The molecule has 0 radical (unpaired) electrons. The van der Waals surface area contributed by atoms with Gasteiger partial charge in [-0.2, -0.15) is 0 Å². The van der Waals surface area contributed by atoms with Gasteiger partial charge in [0.25, 0.3) is 0 Å². The van der Waals surface area contributed by atoms with Crippen molar-refractivity contribution in [2.75, 3.05) is 31.1 Å². The number of aromatic nitrogens is 1. The van der Waals surface area contributed by atoms with Crippen molar-refractivity contribution in [2.45, 2.75) is 12.8 Å². The predicted molar refractivity (Wildman–Crippen MR) is 94.3 cm³/mol. The fourth-order valence-corrected chi connectivity index (χ4v) is 2.81. The summed E-state index contributed by atoms with van der Waals surface area (Å²) in [5, 5.41) is 0. The second-order valence-electron chi connectivity index (χ2n) is 5.90. The minimum atomic E-state index is -0.269. The Kier molecular flexibility index (Phi) is 5.61. The second-order valence-corrected chi connectivity index (χ2v) is 5.90. The molecule has 1 amide bonds. The Labute approximate surface area is 147 Å². The van der Waals surface area contributed by atoms with E-state index >= 15 is 0 Å². The summed E-state index contributed by atoms with van der Waals surface area (Å²) in [5.74, 6) is 0.364. The summed E-state index contributed by atoms with van der Waals surface area (Å²) >= 11 is 0. The van der Waals surface area contributed by atoms with Gasteiger partial charge < -0.3 is 14.5 Å². The van der Waals surface area contributed by atoms with Gasteiger partial charge >= 0.3 is 5.97 Å². The van der Waals surface area contributed by atoms with Gasteiger partial charge in [-0.3, -0.25) is 14.6 Å². The second kappa shape index (κ2) is 8.28. The Morgan fingerprint density at radius 1 is 1.08 bits per heavy atom. The number of para-hydroxylation sites is 1. The van der Waals surface area contributed by atoms with Crippen molar-refractivity contribution in [1.82, 2.24) is 9.88 Å². The Bertz CT molecular complexity index is 706. The molecular formula is C19H21N3O3. The molecule has 6 nitrogen and oxygen atoms in total. The number of hydrogen-bond donors (Lipinski definition) is 0. The third-order valence-corrected chi connectivity index (χ3v) is 4.13. The highest BCUT2D eigenvalue weighted by molar-refractivity contribution is 5.82. The van der Waals surface area contributed by atoms with Gasteiger partial charge in [0.05, 0.1) is 6.54 Å². The Morgan fingerprint density at radius 2 is 1.84 bits per heavy atom. The average molecular weight is 339 g/mol. The Balaban J connectivity index is 1.41. The highest BCUT2D eigenvalue weighted by atomic mass is 16.5. The standard InChI is InChI=1S/C19H21N3O3/c23-18-15-22(16-8-10-20-11-9-16)14-13-21(18)12-4-7-19(24)25-17-5-2-1-3-6-17/h1-3,5-6,8-11H,4,7,12-15H2. The maximum Gasteiger partial charge on any atom is 0.311 e. The number of amides is 1. The van der Waals surface area contributed by atoms with Crippen LogP contribution in [0.4, 0.5) is 5.69 Å². The molecule has 6 heteroatoms. The summed E-state index contributed by atoms with van der Waals surface area (Å²) in [6.07, 6.45) is 4.36. The van der Waals surface area contributed by atoms with Gasteiger partial charge in [0.2, 0.25) is 5.91 Å². The topological polar surface area (TPSA) is 62.7 Å². The molecule has 1 saturated heterocycles. The number of anilines is 1. The number of rotatable bonds is 6. The van der Waals surface area contributed by atoms with Crippen LogP contribution in [0.2, 0.25) is 0 Å². The number of ether oxygens (including phenoxy) is 1. The minimum absolute atomic E-state index is 0.0829. The molecule has 2 heterocycles. The first kappa shape index (κ1) is 17.0. The van der Waals surface area contributed by atoms with E-state index in [0.717, 1.165) is 12.2 Å². The molecule has 3 rings (SSSR count). The van der Waals surface area contributed by atoms with E-state index in [1.54, 1.807) is 24.5 Å². The molecule has 1 aromatic heterocycles. The van der Waals surface area contributed by atoms with Crippen molar-refractivity contribution < 1.29 is 14.3 Å². The van der Waals surface area contributed by atoms with Gasteiger partial charge in [0.1, 0.15) is 5.75 Å². The van der Waals surface area contributed by atoms with Crippen LogP contribution in [0.25, 0.3) is 0 Å². The first-order chi connectivity index (χ1) is 12.2. The monoisotopic (exact) mass is 339 g/mol. The van der Waals surface area contributed by atoms with E-state index in [4.69, 9.17) is 4.74 Å². The minimum Gasteiger partial charge on any atom is -0.427 e. The van der Waals surface area contributed by atoms with Gasteiger partial charge in [-0.1, -0.05) is 18.2 Å². The van der Waals surface area contributed by atoms with Crippen molar-refractivity contribution in [3.8, 4) is 5.75 Å². The zero-order valence-corrected chi connectivity index (χ0v) is 14.0. The molecule has 0 spiro atoms. The molecule has 0 aliphatic carbocycles. The zero-order chi connectivity index (χ0) is 17.5. The van der Waals surface area contributed by atoms with E-state index in [1.807, 2.05) is 40.1 Å². The number of nitrogens with zero attached hydrogens (tertiary/aromatic N) is 3. The van der Waals surface area contributed by atoms with E-state index in [-0.39, 0.29) is 11.9 Å². The SMILES string of the molecule is O=C(CCCN1CCN(c2ccncc2)CC1=O)Oc1ccccc1.